The zero-order chi connectivity index (χ0) is 17.3. The Morgan fingerprint density at radius 3 is 2.14 bits per heavy atom. The highest BCUT2D eigenvalue weighted by Crippen LogP contribution is 2.38. The van der Waals surface area contributed by atoms with Gasteiger partial charge in [0.15, 0.2) is 8.32 Å². The van der Waals surface area contributed by atoms with Crippen LogP contribution in [-0.2, 0) is 18.7 Å². The molecule has 0 radical (unpaired) electrons. The first kappa shape index (κ1) is 19.4. The van der Waals surface area contributed by atoms with Crippen LogP contribution in [0.1, 0.15) is 27.2 Å². The number of amides is 1. The summed E-state index contributed by atoms with van der Waals surface area (Å²) in [7, 11) is -5.70. The molecule has 0 aromatic heterocycles. The van der Waals surface area contributed by atoms with Crippen LogP contribution in [0.2, 0.25) is 18.1 Å². The maximum atomic E-state index is 11.3. The molecule has 1 N–H and O–H groups in total. The quantitative estimate of drug-likeness (QED) is 0.614. The minimum Gasteiger partial charge on any atom is -0.465 e. The summed E-state index contributed by atoms with van der Waals surface area (Å²) in [5.74, 6) is 0. The summed E-state index contributed by atoms with van der Waals surface area (Å²) >= 11 is 0. The second-order valence-corrected chi connectivity index (χ2v) is 13.7. The molecular weight excluding hydrogens is 326 g/mol. The smallest absolute Gasteiger partial charge is 0.407 e. The first-order valence-corrected chi connectivity index (χ1v) is 12.0. The van der Waals surface area contributed by atoms with E-state index < -0.39 is 30.6 Å². The van der Waals surface area contributed by atoms with E-state index in [9.17, 15) is 18.3 Å². The maximum absolute atomic E-state index is 11.3. The Kier molecular flexibility index (Phi) is 5.70. The van der Waals surface area contributed by atoms with Crippen molar-refractivity contribution in [3.05, 3.63) is 0 Å². The van der Waals surface area contributed by atoms with Gasteiger partial charge in [0.05, 0.1) is 25.0 Å². The second kappa shape index (κ2) is 6.46. The molecular formula is C13H27NO6SSi. The second-order valence-electron chi connectivity index (χ2n) is 7.35. The Labute approximate surface area is 133 Å². The summed E-state index contributed by atoms with van der Waals surface area (Å²) in [6.45, 7) is 10.7. The molecule has 0 aliphatic carbocycles. The first-order valence-electron chi connectivity index (χ1n) is 7.25. The van der Waals surface area contributed by atoms with Crippen molar-refractivity contribution in [2.75, 3.05) is 19.3 Å². The largest absolute Gasteiger partial charge is 0.465 e. The molecule has 7 nitrogen and oxygen atoms in total. The molecule has 1 saturated heterocycles. The van der Waals surface area contributed by atoms with Gasteiger partial charge in [0.25, 0.3) is 10.1 Å². The van der Waals surface area contributed by atoms with E-state index in [-0.39, 0.29) is 24.2 Å². The first-order chi connectivity index (χ1) is 9.71. The van der Waals surface area contributed by atoms with E-state index in [1.807, 2.05) is 0 Å². The lowest BCUT2D eigenvalue weighted by Gasteiger charge is -2.43. The average Bonchev–Trinajstić information content (AvgIpc) is 2.23. The van der Waals surface area contributed by atoms with Crippen LogP contribution in [-0.4, -0.2) is 64.4 Å². The summed E-state index contributed by atoms with van der Waals surface area (Å²) < 4.78 is 33.8. The van der Waals surface area contributed by atoms with Gasteiger partial charge in [-0.15, -0.1) is 0 Å². The lowest BCUT2D eigenvalue weighted by atomic mass is 10.1. The van der Waals surface area contributed by atoms with Gasteiger partial charge < -0.3 is 14.4 Å². The summed E-state index contributed by atoms with van der Waals surface area (Å²) in [5, 5.41) is 9.20. The van der Waals surface area contributed by atoms with Gasteiger partial charge in [-0.25, -0.2) is 4.79 Å². The van der Waals surface area contributed by atoms with Crippen molar-refractivity contribution in [3.63, 3.8) is 0 Å². The molecule has 0 unspecified atom stereocenters. The number of hydrogen-bond donors (Lipinski definition) is 1. The lowest BCUT2D eigenvalue weighted by Crippen LogP contribution is -2.54. The lowest BCUT2D eigenvalue weighted by molar-refractivity contribution is 0.0155. The van der Waals surface area contributed by atoms with E-state index in [0.717, 1.165) is 11.2 Å². The highest BCUT2D eigenvalue weighted by molar-refractivity contribution is 7.86. The Bertz CT molecular complexity index is 513. The predicted molar refractivity (Wildman–Crippen MR) is 86.0 cm³/mol. The van der Waals surface area contributed by atoms with Gasteiger partial charge in [0.1, 0.15) is 0 Å². The van der Waals surface area contributed by atoms with Crippen LogP contribution in [0.25, 0.3) is 0 Å². The molecule has 130 valence electrons. The van der Waals surface area contributed by atoms with E-state index in [0.29, 0.717) is 6.42 Å². The van der Waals surface area contributed by atoms with Crippen molar-refractivity contribution in [2.24, 2.45) is 0 Å². The zero-order valence-corrected chi connectivity index (χ0v) is 15.9. The molecule has 0 aromatic carbocycles. The molecule has 1 aliphatic rings. The van der Waals surface area contributed by atoms with Crippen molar-refractivity contribution in [1.82, 2.24) is 4.90 Å². The summed E-state index contributed by atoms with van der Waals surface area (Å²) in [4.78, 5) is 12.4. The van der Waals surface area contributed by atoms with Crippen molar-refractivity contribution < 1.29 is 26.9 Å². The fourth-order valence-electron chi connectivity index (χ4n) is 2.16. The van der Waals surface area contributed by atoms with Gasteiger partial charge in [-0.1, -0.05) is 20.8 Å². The van der Waals surface area contributed by atoms with E-state index in [2.05, 4.69) is 33.9 Å². The molecule has 9 heteroatoms. The predicted octanol–water partition coefficient (Wildman–Crippen LogP) is 2.11. The Morgan fingerprint density at radius 1 is 1.23 bits per heavy atom. The van der Waals surface area contributed by atoms with Crippen LogP contribution < -0.4 is 0 Å². The molecule has 0 bridgehead atoms. The normalized spacial score (nSPS) is 24.4. The average molecular weight is 354 g/mol. The Morgan fingerprint density at radius 2 is 1.73 bits per heavy atom. The van der Waals surface area contributed by atoms with Gasteiger partial charge in [0.2, 0.25) is 0 Å². The Hall–Kier alpha value is -0.643. The molecule has 2 atom stereocenters. The molecule has 1 fully saturated rings. The monoisotopic (exact) mass is 353 g/mol. The number of piperidine rings is 1. The topological polar surface area (TPSA) is 93.1 Å². The highest BCUT2D eigenvalue weighted by Gasteiger charge is 2.42. The molecule has 0 spiro atoms. The van der Waals surface area contributed by atoms with Crippen LogP contribution in [0.15, 0.2) is 0 Å². The van der Waals surface area contributed by atoms with E-state index in [1.54, 1.807) is 0 Å². The molecule has 1 heterocycles. The summed E-state index contributed by atoms with van der Waals surface area (Å²) in [6.07, 6.45) is -0.794. The molecule has 0 aromatic rings. The van der Waals surface area contributed by atoms with Gasteiger partial charge in [-0.05, 0) is 18.1 Å². The molecule has 22 heavy (non-hydrogen) atoms. The molecule has 1 amide bonds. The third-order valence-corrected chi connectivity index (χ3v) is 9.38. The fourth-order valence-corrected chi connectivity index (χ4v) is 4.15. The van der Waals surface area contributed by atoms with Crippen molar-refractivity contribution in [3.8, 4) is 0 Å². The van der Waals surface area contributed by atoms with Crippen LogP contribution in [0.4, 0.5) is 4.79 Å². The number of nitrogens with zero attached hydrogens (tertiary/aromatic N) is 1. The molecule has 0 saturated carbocycles. The highest BCUT2D eigenvalue weighted by atomic mass is 32.2. The van der Waals surface area contributed by atoms with Gasteiger partial charge in [-0.2, -0.15) is 8.42 Å². The van der Waals surface area contributed by atoms with Crippen LogP contribution >= 0.6 is 0 Å². The standard InChI is InChI=1S/C13H27NO6SSi/c1-13(2,3)22(5,6)20-11-7-10(19-21(4,17)18)8-14(9-11)12(15)16/h10-11H,7-9H2,1-6H3,(H,15,16)/t10-,11-/m0/s1. The van der Waals surface area contributed by atoms with Crippen LogP contribution in [0, 0.1) is 0 Å². The minimum atomic E-state index is -3.63. The summed E-state index contributed by atoms with van der Waals surface area (Å²) in [6, 6.07) is 0. The number of carbonyl (C=O) groups is 1. The molecule has 1 aliphatic heterocycles. The van der Waals surface area contributed by atoms with E-state index in [4.69, 9.17) is 8.61 Å². The SMILES string of the molecule is CC(C)(C)[Si](C)(C)O[C@H]1C[C@H](OS(C)(=O)=O)CN(C(=O)O)C1. The van der Waals surface area contributed by atoms with Crippen molar-refractivity contribution in [1.29, 1.82) is 0 Å². The molecule has 1 rings (SSSR count). The zero-order valence-electron chi connectivity index (χ0n) is 14.1. The van der Waals surface area contributed by atoms with Crippen molar-refractivity contribution >= 4 is 24.5 Å². The number of rotatable bonds is 4. The van der Waals surface area contributed by atoms with Gasteiger partial charge in [0, 0.05) is 13.0 Å². The van der Waals surface area contributed by atoms with E-state index in [1.165, 1.54) is 0 Å². The minimum absolute atomic E-state index is 0.00825. The van der Waals surface area contributed by atoms with Crippen molar-refractivity contribution in [2.45, 2.75) is 57.5 Å². The third kappa shape index (κ3) is 5.53. The van der Waals surface area contributed by atoms with Gasteiger partial charge >= 0.3 is 6.09 Å². The maximum Gasteiger partial charge on any atom is 0.407 e. The van der Waals surface area contributed by atoms with Crippen LogP contribution in [0.3, 0.4) is 0 Å². The number of likely N-dealkylation sites (tertiary alicyclic amines) is 1. The van der Waals surface area contributed by atoms with E-state index >= 15 is 0 Å². The number of hydrogen-bond acceptors (Lipinski definition) is 5. The Balaban J connectivity index is 2.87. The summed E-state index contributed by atoms with van der Waals surface area (Å²) in [5.41, 5.74) is 0. The third-order valence-electron chi connectivity index (χ3n) is 4.22. The number of carboxylic acid groups (broad SMARTS) is 1. The fraction of sp³-hybridized carbons (Fsp3) is 0.923. The van der Waals surface area contributed by atoms with Crippen LogP contribution in [0.5, 0.6) is 0 Å². The van der Waals surface area contributed by atoms with Gasteiger partial charge in [-0.3, -0.25) is 4.18 Å².